The van der Waals surface area contributed by atoms with Crippen LogP contribution in [0.4, 0.5) is 11.6 Å². The fourth-order valence-electron chi connectivity index (χ4n) is 6.24. The second kappa shape index (κ2) is 12.0. The van der Waals surface area contributed by atoms with E-state index in [-0.39, 0.29) is 29.8 Å². The summed E-state index contributed by atoms with van der Waals surface area (Å²) in [6.07, 6.45) is 3.33. The second-order valence-electron chi connectivity index (χ2n) is 11.8. The van der Waals surface area contributed by atoms with Crippen LogP contribution in [-0.4, -0.2) is 71.9 Å². The lowest BCUT2D eigenvalue weighted by Gasteiger charge is -2.33. The number of nitrogens with one attached hydrogen (secondary N) is 2. The lowest BCUT2D eigenvalue weighted by molar-refractivity contribution is -0.134. The summed E-state index contributed by atoms with van der Waals surface area (Å²) in [5.74, 6) is -0.118. The number of piperidine rings is 1. The molecule has 4 heterocycles. The van der Waals surface area contributed by atoms with Crippen molar-refractivity contribution >= 4 is 51.9 Å². The quantitative estimate of drug-likeness (QED) is 0.275. The van der Waals surface area contributed by atoms with Crippen molar-refractivity contribution in [1.82, 2.24) is 40.4 Å². The molecule has 4 aromatic rings. The van der Waals surface area contributed by atoms with Crippen LogP contribution in [0.5, 0.6) is 0 Å². The molecule has 2 N–H and O–H groups in total. The van der Waals surface area contributed by atoms with Gasteiger partial charge in [0.1, 0.15) is 17.3 Å². The van der Waals surface area contributed by atoms with Crippen LogP contribution in [0.2, 0.25) is 0 Å². The Hall–Kier alpha value is -4.65. The number of hydrogen-bond donors (Lipinski definition) is 2. The van der Waals surface area contributed by atoms with E-state index in [1.165, 1.54) is 6.20 Å². The molecular formula is C31H31IN10O3. The van der Waals surface area contributed by atoms with Crippen molar-refractivity contribution in [3.8, 4) is 6.07 Å². The van der Waals surface area contributed by atoms with Gasteiger partial charge in [0.15, 0.2) is 5.82 Å². The number of aromatic nitrogens is 6. The fraction of sp³-hybridized carbons (Fsp3) is 0.355. The van der Waals surface area contributed by atoms with E-state index in [4.69, 9.17) is 0 Å². The van der Waals surface area contributed by atoms with Crippen LogP contribution in [0.3, 0.4) is 0 Å². The molecule has 14 heteroatoms. The number of tetrazole rings is 1. The third-order valence-electron chi connectivity index (χ3n) is 8.43. The van der Waals surface area contributed by atoms with Crippen molar-refractivity contribution in [2.45, 2.75) is 57.5 Å². The average molecular weight is 719 g/mol. The van der Waals surface area contributed by atoms with E-state index in [0.717, 1.165) is 27.5 Å². The standard InChI is InChI=1S/C31H31IN10O3/c1-18-11-23(32)13-24(12-18)41-29(45)31(3,14-20-6-8-21(15-33)9-7-20)42-25(16-34-30(41)42)27(43)35-19(2)28(44)40-10-4-5-22(17-40)26-36-38-39-37-26/h6-9,11-13,16,19,22H,4-5,10,14,17H2,1-3H3,(H,35,43)(H,36,37,38,39)/t19-,22+,31+/m0/s1. The highest BCUT2D eigenvalue weighted by atomic mass is 127. The number of amides is 3. The number of halogens is 1. The molecule has 45 heavy (non-hydrogen) atoms. The topological polar surface area (TPSA) is 166 Å². The van der Waals surface area contributed by atoms with Gasteiger partial charge in [0.25, 0.3) is 11.8 Å². The molecule has 230 valence electrons. The Morgan fingerprint density at radius 1 is 1.24 bits per heavy atom. The van der Waals surface area contributed by atoms with Crippen molar-refractivity contribution in [1.29, 1.82) is 5.26 Å². The Kier molecular flexibility index (Phi) is 8.12. The molecule has 0 spiro atoms. The molecule has 13 nitrogen and oxygen atoms in total. The molecule has 3 amide bonds. The number of imidazole rings is 1. The number of fused-ring (bicyclic) bond motifs is 1. The molecule has 2 aliphatic rings. The first-order valence-electron chi connectivity index (χ1n) is 14.6. The van der Waals surface area contributed by atoms with Crippen molar-refractivity contribution in [3.63, 3.8) is 0 Å². The minimum atomic E-state index is -1.22. The number of aromatic amines is 1. The molecule has 0 radical (unpaired) electrons. The Morgan fingerprint density at radius 2 is 2.02 bits per heavy atom. The SMILES string of the molecule is Cc1cc(I)cc(N2C(=O)[C@@](C)(Cc3ccc(C#N)cc3)n3c(C(=O)N[C@@H](C)C(=O)N4CCC[C@@H](c5nn[nH]n5)C4)cnc32)c1. The highest BCUT2D eigenvalue weighted by Gasteiger charge is 2.51. The van der Waals surface area contributed by atoms with Crippen LogP contribution in [0, 0.1) is 21.8 Å². The number of benzene rings is 2. The van der Waals surface area contributed by atoms with Gasteiger partial charge in [0.05, 0.1) is 23.5 Å². The van der Waals surface area contributed by atoms with Gasteiger partial charge in [-0.25, -0.2) is 9.88 Å². The summed E-state index contributed by atoms with van der Waals surface area (Å²) in [4.78, 5) is 49.5. The summed E-state index contributed by atoms with van der Waals surface area (Å²) in [5.41, 5.74) is 1.91. The number of nitrogens with zero attached hydrogens (tertiary/aromatic N) is 8. The molecule has 0 aliphatic carbocycles. The van der Waals surface area contributed by atoms with Crippen LogP contribution < -0.4 is 10.2 Å². The highest BCUT2D eigenvalue weighted by Crippen LogP contribution is 2.43. The maximum absolute atomic E-state index is 14.3. The van der Waals surface area contributed by atoms with Gasteiger partial charge in [-0.05, 0) is 97.7 Å². The number of hydrogen-bond acceptors (Lipinski definition) is 8. The summed E-state index contributed by atoms with van der Waals surface area (Å²) >= 11 is 2.21. The van der Waals surface area contributed by atoms with E-state index in [0.29, 0.717) is 36.1 Å². The van der Waals surface area contributed by atoms with E-state index in [1.54, 1.807) is 40.3 Å². The summed E-state index contributed by atoms with van der Waals surface area (Å²) in [7, 11) is 0. The first-order valence-corrected chi connectivity index (χ1v) is 15.7. The van der Waals surface area contributed by atoms with E-state index >= 15 is 0 Å². The Bertz CT molecular complexity index is 1790. The van der Waals surface area contributed by atoms with E-state index < -0.39 is 17.5 Å². The van der Waals surface area contributed by atoms with E-state index in [9.17, 15) is 19.6 Å². The van der Waals surface area contributed by atoms with Gasteiger partial charge >= 0.3 is 0 Å². The van der Waals surface area contributed by atoms with Gasteiger partial charge in [0.2, 0.25) is 11.9 Å². The Morgan fingerprint density at radius 3 is 2.71 bits per heavy atom. The molecular weight excluding hydrogens is 687 g/mol. The second-order valence-corrected chi connectivity index (χ2v) is 13.0. The molecule has 0 unspecified atom stereocenters. The molecule has 6 rings (SSSR count). The molecule has 2 aromatic heterocycles. The van der Waals surface area contributed by atoms with Gasteiger partial charge in [-0.15, -0.1) is 10.2 Å². The van der Waals surface area contributed by atoms with Gasteiger partial charge < -0.3 is 10.2 Å². The van der Waals surface area contributed by atoms with Crippen molar-refractivity contribution < 1.29 is 14.4 Å². The van der Waals surface area contributed by atoms with Gasteiger partial charge in [0, 0.05) is 29.0 Å². The summed E-state index contributed by atoms with van der Waals surface area (Å²) in [6, 6.07) is 14.1. The molecule has 2 aromatic carbocycles. The van der Waals surface area contributed by atoms with Crippen LogP contribution in [-0.2, 0) is 21.5 Å². The third-order valence-corrected chi connectivity index (χ3v) is 9.05. The third kappa shape index (κ3) is 5.68. The van der Waals surface area contributed by atoms with Crippen LogP contribution >= 0.6 is 22.6 Å². The monoisotopic (exact) mass is 718 g/mol. The van der Waals surface area contributed by atoms with Gasteiger partial charge in [-0.3, -0.25) is 19.0 Å². The first kappa shape index (κ1) is 30.4. The molecule has 0 bridgehead atoms. The predicted molar refractivity (Wildman–Crippen MR) is 171 cm³/mol. The van der Waals surface area contributed by atoms with E-state index in [1.807, 2.05) is 37.3 Å². The van der Waals surface area contributed by atoms with Crippen LogP contribution in [0.15, 0.2) is 48.7 Å². The maximum Gasteiger partial charge on any atom is 0.270 e. The Labute approximate surface area is 273 Å². The van der Waals surface area contributed by atoms with Crippen molar-refractivity contribution in [3.05, 3.63) is 80.4 Å². The summed E-state index contributed by atoms with van der Waals surface area (Å²) < 4.78 is 2.63. The number of likely N-dealkylation sites (tertiary alicyclic amines) is 1. The minimum Gasteiger partial charge on any atom is -0.340 e. The van der Waals surface area contributed by atoms with Crippen molar-refractivity contribution in [2.75, 3.05) is 18.0 Å². The lowest BCUT2D eigenvalue weighted by atomic mass is 9.91. The predicted octanol–water partition coefficient (Wildman–Crippen LogP) is 3.34. The summed E-state index contributed by atoms with van der Waals surface area (Å²) in [6.45, 7) is 6.40. The van der Waals surface area contributed by atoms with E-state index in [2.05, 4.69) is 59.6 Å². The first-order chi connectivity index (χ1) is 21.6. The molecule has 1 fully saturated rings. The average Bonchev–Trinajstić information content (AvgIpc) is 3.76. The zero-order valence-corrected chi connectivity index (χ0v) is 27.1. The number of anilines is 2. The number of nitriles is 1. The number of aryl methyl sites for hydroxylation is 1. The lowest BCUT2D eigenvalue weighted by Crippen LogP contribution is -2.50. The smallest absolute Gasteiger partial charge is 0.270 e. The zero-order chi connectivity index (χ0) is 31.9. The maximum atomic E-state index is 14.3. The fourth-order valence-corrected chi connectivity index (χ4v) is 7.05. The van der Waals surface area contributed by atoms with Gasteiger partial charge in [-0.1, -0.05) is 17.3 Å². The van der Waals surface area contributed by atoms with Crippen LogP contribution in [0.25, 0.3) is 0 Å². The Balaban J connectivity index is 1.30. The molecule has 3 atom stereocenters. The highest BCUT2D eigenvalue weighted by molar-refractivity contribution is 14.1. The number of carbonyl (C=O) groups excluding carboxylic acids is 3. The zero-order valence-electron chi connectivity index (χ0n) is 25.0. The molecule has 0 saturated carbocycles. The largest absolute Gasteiger partial charge is 0.340 e. The summed E-state index contributed by atoms with van der Waals surface area (Å²) in [5, 5.41) is 26.4. The molecule has 1 saturated heterocycles. The minimum absolute atomic E-state index is 0.0351. The number of H-pyrrole nitrogens is 1. The van der Waals surface area contributed by atoms with Crippen molar-refractivity contribution in [2.24, 2.45) is 0 Å². The number of rotatable bonds is 7. The normalized spacial score (nSPS) is 20.1. The van der Waals surface area contributed by atoms with Gasteiger partial charge in [-0.2, -0.15) is 10.5 Å². The molecule has 2 aliphatic heterocycles. The van der Waals surface area contributed by atoms with Crippen LogP contribution in [0.1, 0.15) is 65.6 Å². The number of carbonyl (C=O) groups is 3.